The molecule has 130 valence electrons. The highest BCUT2D eigenvalue weighted by atomic mass is 31.2. The number of aromatic nitrogens is 3. The minimum atomic E-state index is -4.70. The predicted octanol–water partition coefficient (Wildman–Crippen LogP) is -0.326. The van der Waals surface area contributed by atoms with Gasteiger partial charge in [-0.05, 0) is 0 Å². The van der Waals surface area contributed by atoms with E-state index in [0.717, 1.165) is 5.56 Å². The standard InChI is InChI=1S/C13H16N3O7P/c17-11-10(7-22-24(19,20)21)23-13(12(11)18)16-6-9(14-15-16)8-4-2-1-3-5-8/h1-6,10-13,17-18H,7H2,(H2,19,20,21)/t10-,11-,12-,13-/m1/s1. The lowest BCUT2D eigenvalue weighted by molar-refractivity contribution is -0.0586. The number of ether oxygens (including phenoxy) is 1. The molecule has 4 N–H and O–H groups in total. The van der Waals surface area contributed by atoms with Crippen LogP contribution in [0.5, 0.6) is 0 Å². The van der Waals surface area contributed by atoms with Gasteiger partial charge < -0.3 is 24.7 Å². The van der Waals surface area contributed by atoms with Crippen LogP contribution in [0.2, 0.25) is 0 Å². The molecule has 1 fully saturated rings. The summed E-state index contributed by atoms with van der Waals surface area (Å²) < 4.78 is 21.7. The van der Waals surface area contributed by atoms with Crippen molar-refractivity contribution in [3.8, 4) is 11.3 Å². The molecule has 1 aliphatic heterocycles. The summed E-state index contributed by atoms with van der Waals surface area (Å²) in [5.41, 5.74) is 1.37. The molecular formula is C13H16N3O7P. The molecule has 0 spiro atoms. The van der Waals surface area contributed by atoms with E-state index in [0.29, 0.717) is 5.69 Å². The fraction of sp³-hybridized carbons (Fsp3) is 0.385. The second kappa shape index (κ2) is 6.69. The van der Waals surface area contributed by atoms with Gasteiger partial charge in [0.05, 0.1) is 12.8 Å². The molecule has 2 heterocycles. The van der Waals surface area contributed by atoms with Crippen molar-refractivity contribution >= 4 is 7.82 Å². The molecule has 0 bridgehead atoms. The largest absolute Gasteiger partial charge is 0.469 e. The third-order valence-electron chi connectivity index (χ3n) is 3.58. The Morgan fingerprint density at radius 2 is 1.92 bits per heavy atom. The Kier molecular flexibility index (Phi) is 4.79. The highest BCUT2D eigenvalue weighted by molar-refractivity contribution is 7.46. The first-order valence-corrected chi connectivity index (χ1v) is 8.57. The summed E-state index contributed by atoms with van der Waals surface area (Å²) >= 11 is 0. The maximum absolute atomic E-state index is 10.7. The SMILES string of the molecule is O=P(O)(O)OC[C@H]1O[C@@H](n2cc(-c3ccccc3)nn2)[C@H](O)[C@@H]1O. The van der Waals surface area contributed by atoms with Gasteiger partial charge in [-0.2, -0.15) is 0 Å². The van der Waals surface area contributed by atoms with E-state index in [2.05, 4.69) is 14.8 Å². The van der Waals surface area contributed by atoms with Gasteiger partial charge in [-0.3, -0.25) is 4.52 Å². The van der Waals surface area contributed by atoms with Gasteiger partial charge in [0.15, 0.2) is 6.23 Å². The topological polar surface area (TPSA) is 147 Å². The van der Waals surface area contributed by atoms with Gasteiger partial charge in [0.2, 0.25) is 0 Å². The molecule has 4 atom stereocenters. The van der Waals surface area contributed by atoms with Crippen LogP contribution in [0.15, 0.2) is 36.5 Å². The first-order valence-electron chi connectivity index (χ1n) is 7.04. The van der Waals surface area contributed by atoms with Crippen molar-refractivity contribution in [2.45, 2.75) is 24.5 Å². The van der Waals surface area contributed by atoms with Gasteiger partial charge >= 0.3 is 7.82 Å². The lowest BCUT2D eigenvalue weighted by Crippen LogP contribution is -2.33. The molecule has 1 saturated heterocycles. The van der Waals surface area contributed by atoms with Gasteiger partial charge in [0.1, 0.15) is 24.0 Å². The molecule has 11 heteroatoms. The van der Waals surface area contributed by atoms with E-state index >= 15 is 0 Å². The maximum Gasteiger partial charge on any atom is 0.469 e. The molecule has 1 aromatic heterocycles. The first kappa shape index (κ1) is 17.2. The number of rotatable bonds is 5. The van der Waals surface area contributed by atoms with Crippen LogP contribution in [0.3, 0.4) is 0 Å². The van der Waals surface area contributed by atoms with E-state index < -0.39 is 39.0 Å². The van der Waals surface area contributed by atoms with Gasteiger partial charge in [-0.25, -0.2) is 9.25 Å². The fourth-order valence-electron chi connectivity index (χ4n) is 2.40. The van der Waals surface area contributed by atoms with E-state index in [1.165, 1.54) is 4.68 Å². The van der Waals surface area contributed by atoms with Crippen LogP contribution in [0.4, 0.5) is 0 Å². The van der Waals surface area contributed by atoms with Crippen LogP contribution >= 0.6 is 7.82 Å². The third-order valence-corrected chi connectivity index (χ3v) is 4.07. The second-order valence-corrected chi connectivity index (χ2v) is 6.52. The zero-order chi connectivity index (χ0) is 17.3. The van der Waals surface area contributed by atoms with Gasteiger partial charge in [-0.15, -0.1) is 5.10 Å². The molecule has 24 heavy (non-hydrogen) atoms. The second-order valence-electron chi connectivity index (χ2n) is 5.28. The molecule has 2 aromatic rings. The minimum Gasteiger partial charge on any atom is -0.387 e. The number of phosphoric ester groups is 1. The minimum absolute atomic E-state index is 0.552. The molecule has 0 saturated carbocycles. The van der Waals surface area contributed by atoms with Crippen molar-refractivity contribution < 1.29 is 33.8 Å². The zero-order valence-electron chi connectivity index (χ0n) is 12.3. The Morgan fingerprint density at radius 3 is 2.58 bits per heavy atom. The van der Waals surface area contributed by atoms with Crippen LogP contribution in [0.25, 0.3) is 11.3 Å². The quantitative estimate of drug-likeness (QED) is 0.528. The highest BCUT2D eigenvalue weighted by Crippen LogP contribution is 2.38. The summed E-state index contributed by atoms with van der Waals surface area (Å²) in [5.74, 6) is 0. The zero-order valence-corrected chi connectivity index (χ0v) is 13.2. The summed E-state index contributed by atoms with van der Waals surface area (Å²) in [5, 5.41) is 27.9. The lowest BCUT2D eigenvalue weighted by Gasteiger charge is -2.14. The van der Waals surface area contributed by atoms with Crippen LogP contribution in [-0.2, 0) is 13.8 Å². The maximum atomic E-state index is 10.7. The van der Waals surface area contributed by atoms with Gasteiger partial charge in [0, 0.05) is 5.56 Å². The average molecular weight is 357 g/mol. The molecule has 1 aliphatic rings. The van der Waals surface area contributed by atoms with E-state index in [1.807, 2.05) is 30.3 Å². The van der Waals surface area contributed by atoms with Crippen molar-refractivity contribution in [1.82, 2.24) is 15.0 Å². The fourth-order valence-corrected chi connectivity index (χ4v) is 2.74. The summed E-state index contributed by atoms with van der Waals surface area (Å²) in [4.78, 5) is 17.4. The number of nitrogens with zero attached hydrogens (tertiary/aromatic N) is 3. The summed E-state index contributed by atoms with van der Waals surface area (Å²) in [6.07, 6.45) is -3.34. The number of hydrogen-bond donors (Lipinski definition) is 4. The number of benzene rings is 1. The van der Waals surface area contributed by atoms with Crippen LogP contribution in [0, 0.1) is 0 Å². The number of aliphatic hydroxyl groups is 2. The lowest BCUT2D eigenvalue weighted by atomic mass is 10.1. The Bertz CT molecular complexity index is 734. The molecule has 0 unspecified atom stereocenters. The Morgan fingerprint density at radius 1 is 1.21 bits per heavy atom. The van der Waals surface area contributed by atoms with Crippen molar-refractivity contribution in [3.05, 3.63) is 36.5 Å². The molecule has 0 amide bonds. The van der Waals surface area contributed by atoms with E-state index in [-0.39, 0.29) is 0 Å². The number of aliphatic hydroxyl groups excluding tert-OH is 2. The van der Waals surface area contributed by atoms with Crippen LogP contribution < -0.4 is 0 Å². The molecule has 0 radical (unpaired) electrons. The van der Waals surface area contributed by atoms with E-state index in [1.54, 1.807) is 6.20 Å². The molecular weight excluding hydrogens is 341 g/mol. The number of hydrogen-bond acceptors (Lipinski definition) is 7. The van der Waals surface area contributed by atoms with Crippen LogP contribution in [-0.4, -0.2) is 59.9 Å². The average Bonchev–Trinajstić information content (AvgIpc) is 3.13. The Labute approximate surface area is 136 Å². The smallest absolute Gasteiger partial charge is 0.387 e. The third kappa shape index (κ3) is 3.70. The molecule has 10 nitrogen and oxygen atoms in total. The van der Waals surface area contributed by atoms with Gasteiger partial charge in [-0.1, -0.05) is 35.5 Å². The molecule has 0 aliphatic carbocycles. The monoisotopic (exact) mass is 357 g/mol. The normalized spacial score (nSPS) is 27.5. The predicted molar refractivity (Wildman–Crippen MR) is 79.4 cm³/mol. The Hall–Kier alpha value is -1.65. The molecule has 1 aromatic carbocycles. The highest BCUT2D eigenvalue weighted by Gasteiger charge is 2.45. The van der Waals surface area contributed by atoms with Crippen molar-refractivity contribution in [2.75, 3.05) is 6.61 Å². The summed E-state index contributed by atoms with van der Waals surface area (Å²) in [6, 6.07) is 9.22. The molecule has 3 rings (SSSR count). The van der Waals surface area contributed by atoms with Gasteiger partial charge in [0.25, 0.3) is 0 Å². The van der Waals surface area contributed by atoms with Crippen LogP contribution in [0.1, 0.15) is 6.23 Å². The summed E-state index contributed by atoms with van der Waals surface area (Å²) in [6.45, 7) is -0.570. The van der Waals surface area contributed by atoms with E-state index in [4.69, 9.17) is 14.5 Å². The van der Waals surface area contributed by atoms with Crippen molar-refractivity contribution in [3.63, 3.8) is 0 Å². The first-order chi connectivity index (χ1) is 11.3. The summed E-state index contributed by atoms with van der Waals surface area (Å²) in [7, 11) is -4.70. The Balaban J connectivity index is 1.73. The number of phosphoric acid groups is 1. The van der Waals surface area contributed by atoms with E-state index in [9.17, 15) is 14.8 Å². The van der Waals surface area contributed by atoms with Crippen molar-refractivity contribution in [2.24, 2.45) is 0 Å². The van der Waals surface area contributed by atoms with Crippen molar-refractivity contribution in [1.29, 1.82) is 0 Å².